The van der Waals surface area contributed by atoms with Gasteiger partial charge in [-0.1, -0.05) is 23.2 Å². The van der Waals surface area contributed by atoms with Crippen LogP contribution in [0.1, 0.15) is 11.3 Å². The van der Waals surface area contributed by atoms with Gasteiger partial charge in [0.15, 0.2) is 0 Å². The van der Waals surface area contributed by atoms with Crippen LogP contribution in [0.5, 0.6) is 0 Å². The van der Waals surface area contributed by atoms with Gasteiger partial charge < -0.3 is 14.8 Å². The van der Waals surface area contributed by atoms with E-state index in [4.69, 9.17) is 23.2 Å². The summed E-state index contributed by atoms with van der Waals surface area (Å²) in [5.41, 5.74) is 2.87. The number of imidazole rings is 1. The SMILES string of the molecule is Cc1cc(Cl)c(NCc2cnc(N(C)C)n2C)cc1Cl. The van der Waals surface area contributed by atoms with Crippen molar-refractivity contribution in [3.63, 3.8) is 0 Å². The van der Waals surface area contributed by atoms with E-state index >= 15 is 0 Å². The summed E-state index contributed by atoms with van der Waals surface area (Å²) in [5, 5.41) is 4.67. The highest BCUT2D eigenvalue weighted by Crippen LogP contribution is 2.29. The van der Waals surface area contributed by atoms with Crippen molar-refractivity contribution in [3.05, 3.63) is 39.6 Å². The Morgan fingerprint density at radius 1 is 1.25 bits per heavy atom. The summed E-state index contributed by atoms with van der Waals surface area (Å²) in [6, 6.07) is 3.71. The zero-order valence-corrected chi connectivity index (χ0v) is 13.5. The smallest absolute Gasteiger partial charge is 0.204 e. The van der Waals surface area contributed by atoms with E-state index in [-0.39, 0.29) is 0 Å². The predicted molar refractivity (Wildman–Crippen MR) is 86.1 cm³/mol. The van der Waals surface area contributed by atoms with E-state index in [9.17, 15) is 0 Å². The summed E-state index contributed by atoms with van der Waals surface area (Å²) in [5.74, 6) is 0.912. The van der Waals surface area contributed by atoms with Gasteiger partial charge in [0.05, 0.1) is 29.1 Å². The van der Waals surface area contributed by atoms with E-state index in [0.717, 1.165) is 22.9 Å². The van der Waals surface area contributed by atoms with Gasteiger partial charge in [-0.2, -0.15) is 0 Å². The number of benzene rings is 1. The van der Waals surface area contributed by atoms with Gasteiger partial charge in [-0.25, -0.2) is 4.98 Å². The third-order valence-corrected chi connectivity index (χ3v) is 3.89. The van der Waals surface area contributed by atoms with Crippen LogP contribution >= 0.6 is 23.2 Å². The summed E-state index contributed by atoms with van der Waals surface area (Å²) < 4.78 is 2.04. The van der Waals surface area contributed by atoms with Crippen LogP contribution < -0.4 is 10.2 Å². The second kappa shape index (κ2) is 5.94. The Hall–Kier alpha value is -1.39. The minimum Gasteiger partial charge on any atom is -0.378 e. The minimum atomic E-state index is 0.635. The van der Waals surface area contributed by atoms with Gasteiger partial charge >= 0.3 is 0 Å². The Kier molecular flexibility index (Phi) is 4.45. The molecule has 0 aliphatic rings. The van der Waals surface area contributed by atoms with E-state index < -0.39 is 0 Å². The molecule has 0 fully saturated rings. The quantitative estimate of drug-likeness (QED) is 0.934. The molecule has 0 aliphatic carbocycles. The van der Waals surface area contributed by atoms with Crippen LogP contribution in [-0.4, -0.2) is 23.6 Å². The Bertz CT molecular complexity index is 620. The van der Waals surface area contributed by atoms with Crippen molar-refractivity contribution in [2.45, 2.75) is 13.5 Å². The van der Waals surface area contributed by atoms with Crippen molar-refractivity contribution >= 4 is 34.8 Å². The number of aromatic nitrogens is 2. The van der Waals surface area contributed by atoms with Crippen molar-refractivity contribution in [1.29, 1.82) is 0 Å². The Morgan fingerprint density at radius 3 is 2.55 bits per heavy atom. The van der Waals surface area contributed by atoms with E-state index in [2.05, 4.69) is 10.3 Å². The van der Waals surface area contributed by atoms with E-state index in [0.29, 0.717) is 16.6 Å². The normalized spacial score (nSPS) is 10.7. The molecule has 0 aliphatic heterocycles. The summed E-state index contributed by atoms with van der Waals surface area (Å²) in [4.78, 5) is 6.34. The number of anilines is 2. The van der Waals surface area contributed by atoms with Crippen LogP contribution in [0, 0.1) is 6.92 Å². The second-order valence-electron chi connectivity index (χ2n) is 4.94. The van der Waals surface area contributed by atoms with Crippen LogP contribution in [-0.2, 0) is 13.6 Å². The summed E-state index contributed by atoms with van der Waals surface area (Å²) in [6.07, 6.45) is 1.85. The molecule has 1 heterocycles. The molecule has 1 N–H and O–H groups in total. The first kappa shape index (κ1) is 15.0. The van der Waals surface area contributed by atoms with Gasteiger partial charge in [-0.3, -0.25) is 0 Å². The number of nitrogens with one attached hydrogen (secondary N) is 1. The number of hydrogen-bond acceptors (Lipinski definition) is 3. The van der Waals surface area contributed by atoms with E-state index in [1.165, 1.54) is 0 Å². The molecule has 1 aromatic carbocycles. The molecule has 0 amide bonds. The first-order valence-corrected chi connectivity index (χ1v) is 7.03. The van der Waals surface area contributed by atoms with Crippen LogP contribution in [0.25, 0.3) is 0 Å². The first-order valence-electron chi connectivity index (χ1n) is 6.27. The third kappa shape index (κ3) is 3.02. The van der Waals surface area contributed by atoms with E-state index in [1.807, 2.05) is 55.9 Å². The summed E-state index contributed by atoms with van der Waals surface area (Å²) >= 11 is 12.3. The highest BCUT2D eigenvalue weighted by Gasteiger charge is 2.09. The van der Waals surface area contributed by atoms with Crippen molar-refractivity contribution in [2.75, 3.05) is 24.3 Å². The standard InChI is InChI=1S/C14H18Cl2N4/c1-9-5-12(16)13(6-11(9)15)17-7-10-8-18-14(19(2)3)20(10)4/h5-6,8,17H,7H2,1-4H3. The maximum absolute atomic E-state index is 6.21. The van der Waals surface area contributed by atoms with Gasteiger partial charge in [-0.15, -0.1) is 0 Å². The zero-order chi connectivity index (χ0) is 14.9. The molecule has 0 saturated carbocycles. The molecular formula is C14H18Cl2N4. The average molecular weight is 313 g/mol. The highest BCUT2D eigenvalue weighted by atomic mass is 35.5. The highest BCUT2D eigenvalue weighted by molar-refractivity contribution is 6.35. The Morgan fingerprint density at radius 2 is 1.95 bits per heavy atom. The molecule has 20 heavy (non-hydrogen) atoms. The number of halogens is 2. The maximum atomic E-state index is 6.21. The van der Waals surface area contributed by atoms with Gasteiger partial charge in [-0.05, 0) is 24.6 Å². The fourth-order valence-electron chi connectivity index (χ4n) is 1.98. The molecule has 0 saturated heterocycles. The van der Waals surface area contributed by atoms with E-state index in [1.54, 1.807) is 0 Å². The maximum Gasteiger partial charge on any atom is 0.204 e. The fourth-order valence-corrected chi connectivity index (χ4v) is 2.43. The lowest BCUT2D eigenvalue weighted by Crippen LogP contribution is -2.15. The molecule has 4 nitrogen and oxygen atoms in total. The number of aryl methyl sites for hydroxylation is 1. The third-order valence-electron chi connectivity index (χ3n) is 3.17. The molecular weight excluding hydrogens is 295 g/mol. The lowest BCUT2D eigenvalue weighted by molar-refractivity contribution is 0.814. The topological polar surface area (TPSA) is 33.1 Å². The van der Waals surface area contributed by atoms with Crippen LogP contribution in [0.4, 0.5) is 11.6 Å². The number of hydrogen-bond donors (Lipinski definition) is 1. The average Bonchev–Trinajstić information content (AvgIpc) is 2.74. The number of nitrogens with zero attached hydrogens (tertiary/aromatic N) is 3. The lowest BCUT2D eigenvalue weighted by atomic mass is 10.2. The van der Waals surface area contributed by atoms with Crippen LogP contribution in [0.2, 0.25) is 10.0 Å². The van der Waals surface area contributed by atoms with Crippen LogP contribution in [0.15, 0.2) is 18.3 Å². The lowest BCUT2D eigenvalue weighted by Gasteiger charge is -2.14. The molecule has 1 aromatic heterocycles. The minimum absolute atomic E-state index is 0.635. The number of rotatable bonds is 4. The summed E-state index contributed by atoms with van der Waals surface area (Å²) in [6.45, 7) is 2.57. The Balaban J connectivity index is 2.15. The monoisotopic (exact) mass is 312 g/mol. The molecule has 6 heteroatoms. The fraction of sp³-hybridized carbons (Fsp3) is 0.357. The largest absolute Gasteiger partial charge is 0.378 e. The van der Waals surface area contributed by atoms with Gasteiger partial charge in [0.2, 0.25) is 5.95 Å². The Labute approximate surface area is 129 Å². The molecule has 0 radical (unpaired) electrons. The van der Waals surface area contributed by atoms with Crippen molar-refractivity contribution in [2.24, 2.45) is 7.05 Å². The van der Waals surface area contributed by atoms with Crippen LogP contribution in [0.3, 0.4) is 0 Å². The van der Waals surface area contributed by atoms with Gasteiger partial charge in [0, 0.05) is 26.2 Å². The summed E-state index contributed by atoms with van der Waals surface area (Å²) in [7, 11) is 5.93. The van der Waals surface area contributed by atoms with Gasteiger partial charge in [0.1, 0.15) is 0 Å². The molecule has 2 aromatic rings. The predicted octanol–water partition coefficient (Wildman–Crippen LogP) is 3.71. The zero-order valence-electron chi connectivity index (χ0n) is 12.0. The second-order valence-corrected chi connectivity index (χ2v) is 5.75. The molecule has 0 bridgehead atoms. The van der Waals surface area contributed by atoms with Crippen molar-refractivity contribution in [3.8, 4) is 0 Å². The van der Waals surface area contributed by atoms with Gasteiger partial charge in [0.25, 0.3) is 0 Å². The molecule has 2 rings (SSSR count). The molecule has 0 spiro atoms. The molecule has 0 atom stereocenters. The first-order chi connectivity index (χ1) is 9.40. The molecule has 108 valence electrons. The van der Waals surface area contributed by atoms with Crippen molar-refractivity contribution in [1.82, 2.24) is 9.55 Å². The van der Waals surface area contributed by atoms with Crippen molar-refractivity contribution < 1.29 is 0 Å². The molecule has 0 unspecified atom stereocenters.